The Labute approximate surface area is 146 Å². The molecule has 3 nitrogen and oxygen atoms in total. The number of benzene rings is 2. The van der Waals surface area contributed by atoms with E-state index < -0.39 is 0 Å². The van der Waals surface area contributed by atoms with Crippen LogP contribution in [0.15, 0.2) is 72.5 Å². The predicted molar refractivity (Wildman–Crippen MR) is 94.4 cm³/mol. The molecular weight excluding hydrogens is 324 g/mol. The molecular formula is C20H17ClO3. The first kappa shape index (κ1) is 16.3. The quantitative estimate of drug-likeness (QED) is 0.739. The molecule has 1 aliphatic heterocycles. The van der Waals surface area contributed by atoms with E-state index in [2.05, 4.69) is 0 Å². The highest BCUT2D eigenvalue weighted by molar-refractivity contribution is 6.30. The van der Waals surface area contributed by atoms with Crippen molar-refractivity contribution < 1.29 is 14.3 Å². The fraction of sp³-hybridized carbons (Fsp3) is 0.150. The zero-order valence-electron chi connectivity index (χ0n) is 13.2. The Balaban J connectivity index is 1.98. The average Bonchev–Trinajstić information content (AvgIpc) is 2.63. The lowest BCUT2D eigenvalue weighted by Gasteiger charge is -2.22. The van der Waals surface area contributed by atoms with Crippen LogP contribution in [-0.4, -0.2) is 12.6 Å². The molecule has 4 heteroatoms. The molecule has 0 saturated carbocycles. The average molecular weight is 341 g/mol. The van der Waals surface area contributed by atoms with Crippen molar-refractivity contribution in [2.45, 2.75) is 12.8 Å². The van der Waals surface area contributed by atoms with Crippen molar-refractivity contribution in [3.63, 3.8) is 0 Å². The maximum atomic E-state index is 12.3. The molecule has 2 aromatic rings. The number of rotatable bonds is 4. The molecule has 0 aromatic heterocycles. The zero-order valence-corrected chi connectivity index (χ0v) is 14.0. The molecule has 1 aliphatic rings. The Morgan fingerprint density at radius 1 is 1.12 bits per heavy atom. The fourth-order valence-corrected chi connectivity index (χ4v) is 2.71. The number of halogens is 1. The Morgan fingerprint density at radius 3 is 2.50 bits per heavy atom. The van der Waals surface area contributed by atoms with E-state index >= 15 is 0 Å². The van der Waals surface area contributed by atoms with Crippen LogP contribution in [0.25, 0.3) is 5.76 Å². The molecule has 3 rings (SSSR count). The van der Waals surface area contributed by atoms with E-state index in [9.17, 15) is 4.79 Å². The third kappa shape index (κ3) is 3.52. The topological polar surface area (TPSA) is 35.5 Å². The number of esters is 1. The molecule has 24 heavy (non-hydrogen) atoms. The van der Waals surface area contributed by atoms with Crippen LogP contribution in [0.5, 0.6) is 0 Å². The molecule has 1 heterocycles. The second-order valence-corrected chi connectivity index (χ2v) is 5.77. The summed E-state index contributed by atoms with van der Waals surface area (Å²) in [6.07, 6.45) is 3.42. The zero-order chi connectivity index (χ0) is 16.9. The second-order valence-electron chi connectivity index (χ2n) is 5.34. The largest absolute Gasteiger partial charge is 0.464 e. The van der Waals surface area contributed by atoms with Gasteiger partial charge >= 0.3 is 5.97 Å². The van der Waals surface area contributed by atoms with Crippen molar-refractivity contribution in [2.24, 2.45) is 0 Å². The van der Waals surface area contributed by atoms with Crippen LogP contribution in [-0.2, 0) is 14.3 Å². The van der Waals surface area contributed by atoms with Gasteiger partial charge in [-0.1, -0.05) is 41.9 Å². The molecule has 0 N–H and O–H groups in total. The van der Waals surface area contributed by atoms with Gasteiger partial charge in [0.2, 0.25) is 0 Å². The van der Waals surface area contributed by atoms with Crippen LogP contribution in [0.3, 0.4) is 0 Å². The van der Waals surface area contributed by atoms with Crippen molar-refractivity contribution in [2.75, 3.05) is 6.61 Å². The summed E-state index contributed by atoms with van der Waals surface area (Å²) in [6, 6.07) is 17.2. The number of allylic oxidation sites excluding steroid dienone is 1. The van der Waals surface area contributed by atoms with Gasteiger partial charge in [-0.2, -0.15) is 0 Å². The highest BCUT2D eigenvalue weighted by Gasteiger charge is 2.27. The third-order valence-electron chi connectivity index (χ3n) is 3.76. The summed E-state index contributed by atoms with van der Waals surface area (Å²) in [5.41, 5.74) is 2.40. The van der Waals surface area contributed by atoms with E-state index in [1.54, 1.807) is 6.92 Å². The van der Waals surface area contributed by atoms with E-state index in [-0.39, 0.29) is 11.9 Å². The minimum Gasteiger partial charge on any atom is -0.464 e. The normalized spacial score (nSPS) is 16.7. The van der Waals surface area contributed by atoms with Gasteiger partial charge < -0.3 is 9.47 Å². The maximum absolute atomic E-state index is 12.3. The summed E-state index contributed by atoms with van der Waals surface area (Å²) in [7, 11) is 0. The first-order chi connectivity index (χ1) is 11.7. The summed E-state index contributed by atoms with van der Waals surface area (Å²) in [4.78, 5) is 12.3. The predicted octanol–water partition coefficient (Wildman–Crippen LogP) is 4.94. The number of hydrogen-bond acceptors (Lipinski definition) is 3. The molecule has 1 atom stereocenters. The number of carbonyl (C=O) groups excluding carboxylic acids is 1. The standard InChI is InChI=1S/C20H17ClO3/c1-2-23-20(22)18-13-24-19(15-8-10-16(21)11-9-15)12-17(18)14-6-4-3-5-7-14/h3-13,17H,2H2,1H3. The van der Waals surface area contributed by atoms with Gasteiger partial charge in [0.1, 0.15) is 12.0 Å². The van der Waals surface area contributed by atoms with Gasteiger partial charge in [0, 0.05) is 16.5 Å². The van der Waals surface area contributed by atoms with Gasteiger partial charge in [0.05, 0.1) is 12.2 Å². The molecule has 1 unspecified atom stereocenters. The lowest BCUT2D eigenvalue weighted by molar-refractivity contribution is -0.138. The summed E-state index contributed by atoms with van der Waals surface area (Å²) in [5.74, 6) is 0.107. The third-order valence-corrected chi connectivity index (χ3v) is 4.02. The maximum Gasteiger partial charge on any atom is 0.338 e. The molecule has 122 valence electrons. The first-order valence-electron chi connectivity index (χ1n) is 7.75. The molecule has 0 amide bonds. The number of carbonyl (C=O) groups is 1. The lowest BCUT2D eigenvalue weighted by atomic mass is 9.89. The second kappa shape index (κ2) is 7.37. The molecule has 0 saturated heterocycles. The van der Waals surface area contributed by atoms with Gasteiger partial charge in [0.15, 0.2) is 0 Å². The summed E-state index contributed by atoms with van der Waals surface area (Å²) in [6.45, 7) is 2.11. The minimum absolute atomic E-state index is 0.218. The smallest absolute Gasteiger partial charge is 0.338 e. The minimum atomic E-state index is -0.363. The van der Waals surface area contributed by atoms with Crippen molar-refractivity contribution in [1.29, 1.82) is 0 Å². The molecule has 0 fully saturated rings. The highest BCUT2D eigenvalue weighted by atomic mass is 35.5. The Bertz CT molecular complexity index is 776. The van der Waals surface area contributed by atoms with Crippen LogP contribution in [0.2, 0.25) is 5.02 Å². The van der Waals surface area contributed by atoms with Gasteiger partial charge in [-0.3, -0.25) is 0 Å². The van der Waals surface area contributed by atoms with Crippen molar-refractivity contribution in [1.82, 2.24) is 0 Å². The van der Waals surface area contributed by atoms with E-state index in [1.165, 1.54) is 6.26 Å². The van der Waals surface area contributed by atoms with Gasteiger partial charge in [0.25, 0.3) is 0 Å². The van der Waals surface area contributed by atoms with E-state index in [0.29, 0.717) is 23.0 Å². The van der Waals surface area contributed by atoms with Crippen LogP contribution in [0.1, 0.15) is 24.0 Å². The highest BCUT2D eigenvalue weighted by Crippen LogP contribution is 2.35. The lowest BCUT2D eigenvalue weighted by Crippen LogP contribution is -2.17. The Hall–Kier alpha value is -2.52. The van der Waals surface area contributed by atoms with Gasteiger partial charge in [-0.05, 0) is 42.8 Å². The molecule has 2 aromatic carbocycles. The molecule has 0 spiro atoms. The van der Waals surface area contributed by atoms with E-state index in [0.717, 1.165) is 11.1 Å². The van der Waals surface area contributed by atoms with Crippen LogP contribution >= 0.6 is 11.6 Å². The summed E-state index contributed by atoms with van der Waals surface area (Å²) < 4.78 is 10.8. The van der Waals surface area contributed by atoms with Crippen LogP contribution in [0, 0.1) is 0 Å². The SMILES string of the molecule is CCOC(=O)C1=COC(c2ccc(Cl)cc2)=CC1c1ccccc1. The summed E-state index contributed by atoms with van der Waals surface area (Å²) in [5, 5.41) is 0.664. The van der Waals surface area contributed by atoms with Crippen LogP contribution in [0.4, 0.5) is 0 Å². The monoisotopic (exact) mass is 340 g/mol. The van der Waals surface area contributed by atoms with Crippen molar-refractivity contribution in [3.8, 4) is 0 Å². The Morgan fingerprint density at radius 2 is 1.83 bits per heavy atom. The number of hydrogen-bond donors (Lipinski definition) is 0. The first-order valence-corrected chi connectivity index (χ1v) is 8.13. The van der Waals surface area contributed by atoms with E-state index in [1.807, 2.05) is 60.7 Å². The molecule has 0 bridgehead atoms. The van der Waals surface area contributed by atoms with Crippen molar-refractivity contribution >= 4 is 23.3 Å². The Kier molecular flexibility index (Phi) is 5.02. The van der Waals surface area contributed by atoms with Gasteiger partial charge in [-0.15, -0.1) is 0 Å². The fourth-order valence-electron chi connectivity index (χ4n) is 2.58. The van der Waals surface area contributed by atoms with Gasteiger partial charge in [-0.25, -0.2) is 4.79 Å². The molecule has 0 radical (unpaired) electrons. The number of ether oxygens (including phenoxy) is 2. The molecule has 0 aliphatic carbocycles. The van der Waals surface area contributed by atoms with E-state index in [4.69, 9.17) is 21.1 Å². The van der Waals surface area contributed by atoms with Crippen molar-refractivity contribution in [3.05, 3.63) is 88.7 Å². The van der Waals surface area contributed by atoms with Crippen LogP contribution < -0.4 is 0 Å². The summed E-state index contributed by atoms with van der Waals surface area (Å²) >= 11 is 5.94.